The number of rotatable bonds is 3. The first-order chi connectivity index (χ1) is 6.60. The number of aryl methyl sites for hydroxylation is 2. The monoisotopic (exact) mass is 193 g/mol. The summed E-state index contributed by atoms with van der Waals surface area (Å²) in [5.74, 6) is 1.39. The Hall–Kier alpha value is -1.05. The van der Waals surface area contributed by atoms with Crippen LogP contribution in [-0.4, -0.2) is 12.1 Å². The van der Waals surface area contributed by atoms with E-state index in [1.54, 1.807) is 7.11 Å². The molecule has 1 aromatic rings. The second-order valence-corrected chi connectivity index (χ2v) is 3.85. The number of pyridine rings is 1. The molecule has 1 aromatic heterocycles. The van der Waals surface area contributed by atoms with E-state index in [1.807, 2.05) is 0 Å². The smallest absolute Gasteiger partial charge is 0.140 e. The van der Waals surface area contributed by atoms with E-state index in [2.05, 4.69) is 38.7 Å². The zero-order chi connectivity index (χ0) is 10.7. The topological polar surface area (TPSA) is 22.1 Å². The summed E-state index contributed by atoms with van der Waals surface area (Å²) in [4.78, 5) is 4.64. The van der Waals surface area contributed by atoms with Gasteiger partial charge in [-0.25, -0.2) is 0 Å². The maximum atomic E-state index is 5.29. The fraction of sp³-hybridized carbons (Fsp3) is 0.583. The predicted octanol–water partition coefficient (Wildman–Crippen LogP) is 3.08. The van der Waals surface area contributed by atoms with E-state index in [-0.39, 0.29) is 0 Å². The first-order valence-corrected chi connectivity index (χ1v) is 5.14. The van der Waals surface area contributed by atoms with Gasteiger partial charge in [0.15, 0.2) is 0 Å². The molecule has 1 rings (SSSR count). The summed E-state index contributed by atoms with van der Waals surface area (Å²) in [6.45, 7) is 8.52. The molecule has 1 heterocycles. The largest absolute Gasteiger partial charge is 0.495 e. The maximum absolute atomic E-state index is 5.29. The summed E-state index contributed by atoms with van der Waals surface area (Å²) < 4.78 is 5.29. The lowest BCUT2D eigenvalue weighted by atomic mass is 10.0. The highest BCUT2D eigenvalue weighted by atomic mass is 16.5. The molecule has 0 N–H and O–H groups in total. The number of methoxy groups -OCH3 is 1. The molecule has 0 saturated carbocycles. The average Bonchev–Trinajstić information content (AvgIpc) is 2.16. The van der Waals surface area contributed by atoms with Gasteiger partial charge in [-0.15, -0.1) is 0 Å². The van der Waals surface area contributed by atoms with Gasteiger partial charge < -0.3 is 4.74 Å². The summed E-state index contributed by atoms with van der Waals surface area (Å²) in [6, 6.07) is 2.08. The van der Waals surface area contributed by atoms with Crippen molar-refractivity contribution >= 4 is 0 Å². The van der Waals surface area contributed by atoms with Crippen LogP contribution in [0, 0.1) is 6.92 Å². The number of nitrogens with zero attached hydrogens (tertiary/aromatic N) is 1. The van der Waals surface area contributed by atoms with E-state index in [9.17, 15) is 0 Å². The average molecular weight is 193 g/mol. The van der Waals surface area contributed by atoms with Crippen molar-refractivity contribution in [1.82, 2.24) is 4.98 Å². The van der Waals surface area contributed by atoms with Crippen LogP contribution in [-0.2, 0) is 6.42 Å². The van der Waals surface area contributed by atoms with Gasteiger partial charge in [0.25, 0.3) is 0 Å². The molecule has 0 saturated heterocycles. The van der Waals surface area contributed by atoms with Crippen LogP contribution >= 0.6 is 0 Å². The van der Waals surface area contributed by atoms with Crippen molar-refractivity contribution in [1.29, 1.82) is 0 Å². The molecule has 2 nitrogen and oxygen atoms in total. The molecule has 0 spiro atoms. The van der Waals surface area contributed by atoms with Crippen LogP contribution in [0.3, 0.4) is 0 Å². The lowest BCUT2D eigenvalue weighted by molar-refractivity contribution is 0.406. The van der Waals surface area contributed by atoms with Crippen LogP contribution in [0.1, 0.15) is 43.6 Å². The van der Waals surface area contributed by atoms with E-state index >= 15 is 0 Å². The van der Waals surface area contributed by atoms with Gasteiger partial charge in [-0.05, 0) is 30.9 Å². The molecule has 0 bridgehead atoms. The molecule has 0 fully saturated rings. The molecular weight excluding hydrogens is 174 g/mol. The highest BCUT2D eigenvalue weighted by molar-refractivity contribution is 5.36. The molecule has 0 aliphatic carbocycles. The second kappa shape index (κ2) is 4.45. The summed E-state index contributed by atoms with van der Waals surface area (Å²) in [7, 11) is 1.70. The molecule has 14 heavy (non-hydrogen) atoms. The Morgan fingerprint density at radius 2 is 2.07 bits per heavy atom. The number of hydrogen-bond donors (Lipinski definition) is 0. The third-order valence-corrected chi connectivity index (χ3v) is 2.39. The van der Waals surface area contributed by atoms with Crippen molar-refractivity contribution < 1.29 is 4.74 Å². The SMILES string of the molecule is CCc1nc(C(C)C)c(C)cc1OC. The zero-order valence-electron chi connectivity index (χ0n) is 9.72. The van der Waals surface area contributed by atoms with Crippen molar-refractivity contribution in [2.45, 2.75) is 40.0 Å². The summed E-state index contributed by atoms with van der Waals surface area (Å²) in [6.07, 6.45) is 0.920. The van der Waals surface area contributed by atoms with Gasteiger partial charge in [0.05, 0.1) is 12.8 Å². The molecule has 0 aromatic carbocycles. The number of aromatic nitrogens is 1. The summed E-state index contributed by atoms with van der Waals surface area (Å²) >= 11 is 0. The first-order valence-electron chi connectivity index (χ1n) is 5.14. The molecule has 78 valence electrons. The van der Waals surface area contributed by atoms with Gasteiger partial charge in [0.1, 0.15) is 5.75 Å². The minimum Gasteiger partial charge on any atom is -0.495 e. The van der Waals surface area contributed by atoms with E-state index in [4.69, 9.17) is 4.74 Å². The van der Waals surface area contributed by atoms with Gasteiger partial charge >= 0.3 is 0 Å². The van der Waals surface area contributed by atoms with E-state index in [0.717, 1.165) is 17.9 Å². The van der Waals surface area contributed by atoms with Gasteiger partial charge in [0, 0.05) is 5.69 Å². The lowest BCUT2D eigenvalue weighted by Crippen LogP contribution is -2.03. The minimum atomic E-state index is 0.478. The minimum absolute atomic E-state index is 0.478. The summed E-state index contributed by atoms with van der Waals surface area (Å²) in [5.41, 5.74) is 3.46. The van der Waals surface area contributed by atoms with E-state index < -0.39 is 0 Å². The fourth-order valence-electron chi connectivity index (χ4n) is 1.66. The van der Waals surface area contributed by atoms with Crippen LogP contribution in [0.25, 0.3) is 0 Å². The standard InChI is InChI=1S/C12H19NO/c1-6-10-11(14-5)7-9(4)12(13-10)8(2)3/h7-8H,6H2,1-5H3. The van der Waals surface area contributed by atoms with Crippen molar-refractivity contribution in [3.05, 3.63) is 23.0 Å². The van der Waals surface area contributed by atoms with Gasteiger partial charge in [-0.2, -0.15) is 0 Å². The van der Waals surface area contributed by atoms with Crippen LogP contribution in [0.15, 0.2) is 6.07 Å². The van der Waals surface area contributed by atoms with Crippen LogP contribution < -0.4 is 4.74 Å². The van der Waals surface area contributed by atoms with Crippen molar-refractivity contribution in [2.75, 3.05) is 7.11 Å². The molecule has 0 unspecified atom stereocenters. The fourth-order valence-corrected chi connectivity index (χ4v) is 1.66. The first kappa shape index (κ1) is 11.0. The highest BCUT2D eigenvalue weighted by Gasteiger charge is 2.10. The molecule has 2 heteroatoms. The second-order valence-electron chi connectivity index (χ2n) is 3.85. The Bertz CT molecular complexity index is 318. The predicted molar refractivity (Wildman–Crippen MR) is 59.0 cm³/mol. The molecule has 0 radical (unpaired) electrons. The van der Waals surface area contributed by atoms with E-state index in [0.29, 0.717) is 5.92 Å². The summed E-state index contributed by atoms with van der Waals surface area (Å²) in [5, 5.41) is 0. The van der Waals surface area contributed by atoms with Gasteiger partial charge in [-0.3, -0.25) is 4.98 Å². The van der Waals surface area contributed by atoms with Crippen molar-refractivity contribution in [3.63, 3.8) is 0 Å². The van der Waals surface area contributed by atoms with Crippen molar-refractivity contribution in [2.24, 2.45) is 0 Å². The Morgan fingerprint density at radius 3 is 2.50 bits per heavy atom. The Balaban J connectivity index is 3.23. The third kappa shape index (κ3) is 2.06. The van der Waals surface area contributed by atoms with Crippen LogP contribution in [0.5, 0.6) is 5.75 Å². The lowest BCUT2D eigenvalue weighted by Gasteiger charge is -2.13. The maximum Gasteiger partial charge on any atom is 0.140 e. The van der Waals surface area contributed by atoms with Crippen LogP contribution in [0.2, 0.25) is 0 Å². The molecule has 0 atom stereocenters. The van der Waals surface area contributed by atoms with Gasteiger partial charge in [-0.1, -0.05) is 20.8 Å². The Morgan fingerprint density at radius 1 is 1.43 bits per heavy atom. The normalized spacial score (nSPS) is 10.7. The third-order valence-electron chi connectivity index (χ3n) is 2.39. The Labute approximate surface area is 86.3 Å². The Kier molecular flexibility index (Phi) is 3.50. The number of hydrogen-bond acceptors (Lipinski definition) is 2. The zero-order valence-corrected chi connectivity index (χ0v) is 9.72. The van der Waals surface area contributed by atoms with E-state index in [1.165, 1.54) is 11.3 Å². The molecule has 0 amide bonds. The van der Waals surface area contributed by atoms with Crippen molar-refractivity contribution in [3.8, 4) is 5.75 Å². The van der Waals surface area contributed by atoms with Crippen LogP contribution in [0.4, 0.5) is 0 Å². The number of ether oxygens (including phenoxy) is 1. The molecule has 0 aliphatic rings. The molecular formula is C12H19NO. The molecule has 0 aliphatic heterocycles. The quantitative estimate of drug-likeness (QED) is 0.736. The van der Waals surface area contributed by atoms with Gasteiger partial charge in [0.2, 0.25) is 0 Å². The highest BCUT2D eigenvalue weighted by Crippen LogP contribution is 2.24.